The van der Waals surface area contributed by atoms with E-state index >= 15 is 0 Å². The van der Waals surface area contributed by atoms with Gasteiger partial charge in [0.25, 0.3) is 0 Å². The topological polar surface area (TPSA) is 52.6 Å². The molecule has 0 aliphatic heterocycles. The van der Waals surface area contributed by atoms with Crippen molar-refractivity contribution in [2.75, 3.05) is 0 Å². The molecular weight excluding hydrogens is 512 g/mol. The summed E-state index contributed by atoms with van der Waals surface area (Å²) < 4.78 is 12.7. The highest BCUT2D eigenvalue weighted by Gasteiger charge is 2.12. The zero-order valence-corrected chi connectivity index (χ0v) is 18.9. The molecule has 0 aromatic heterocycles. The second-order valence-electron chi connectivity index (χ2n) is 6.75. The van der Waals surface area contributed by atoms with Crippen molar-refractivity contribution in [2.24, 2.45) is 0 Å². The van der Waals surface area contributed by atoms with Crippen LogP contribution in [-0.2, 0) is 9.59 Å². The molecule has 6 heteroatoms. The van der Waals surface area contributed by atoms with Gasteiger partial charge in [0.2, 0.25) is 0 Å². The van der Waals surface area contributed by atoms with Crippen molar-refractivity contribution in [3.8, 4) is 11.5 Å². The van der Waals surface area contributed by atoms with E-state index in [0.717, 1.165) is 30.5 Å². The van der Waals surface area contributed by atoms with Crippen LogP contribution in [0.2, 0.25) is 0 Å². The van der Waals surface area contributed by atoms with Gasteiger partial charge < -0.3 is 9.47 Å². The Morgan fingerprint density at radius 3 is 1.37 bits per heavy atom. The van der Waals surface area contributed by atoms with Crippen LogP contribution < -0.4 is 9.47 Å². The van der Waals surface area contributed by atoms with Crippen molar-refractivity contribution in [2.45, 2.75) is 12.8 Å². The number of carbonyl (C=O) groups is 2. The highest BCUT2D eigenvalue weighted by atomic mass is 79.9. The highest BCUT2D eigenvalue weighted by molar-refractivity contribution is 9.10. The van der Waals surface area contributed by atoms with E-state index in [4.69, 9.17) is 9.47 Å². The van der Waals surface area contributed by atoms with E-state index < -0.39 is 11.9 Å². The molecule has 0 spiro atoms. The molecule has 4 rings (SSSR count). The number of carbonyl (C=O) groups excluding carboxylic acids is 2. The van der Waals surface area contributed by atoms with Gasteiger partial charge in [-0.25, -0.2) is 0 Å². The summed E-state index contributed by atoms with van der Waals surface area (Å²) in [5.74, 6) is -0.0636. The Hall–Kier alpha value is -2.70. The fourth-order valence-corrected chi connectivity index (χ4v) is 3.84. The van der Waals surface area contributed by atoms with Crippen molar-refractivity contribution >= 4 is 65.3 Å². The summed E-state index contributed by atoms with van der Waals surface area (Å²) in [7, 11) is 0. The van der Waals surface area contributed by atoms with E-state index in [9.17, 15) is 9.59 Å². The lowest BCUT2D eigenvalue weighted by atomic mass is 10.1. The maximum Gasteiger partial charge on any atom is 0.311 e. The first-order valence-corrected chi connectivity index (χ1v) is 10.8. The van der Waals surface area contributed by atoms with Gasteiger partial charge in [-0.3, -0.25) is 9.59 Å². The van der Waals surface area contributed by atoms with Gasteiger partial charge in [0.15, 0.2) is 0 Å². The van der Waals surface area contributed by atoms with E-state index in [2.05, 4.69) is 31.9 Å². The largest absolute Gasteiger partial charge is 0.426 e. The highest BCUT2D eigenvalue weighted by Crippen LogP contribution is 2.26. The molecule has 0 amide bonds. The zero-order valence-electron chi connectivity index (χ0n) is 15.7. The minimum absolute atomic E-state index is 0.0578. The number of esters is 2. The number of hydrogen-bond donors (Lipinski definition) is 0. The van der Waals surface area contributed by atoms with Gasteiger partial charge in [0.05, 0.1) is 12.8 Å². The maximum absolute atomic E-state index is 12.1. The predicted molar refractivity (Wildman–Crippen MR) is 124 cm³/mol. The van der Waals surface area contributed by atoms with Gasteiger partial charge in [-0.1, -0.05) is 56.1 Å². The lowest BCUT2D eigenvalue weighted by molar-refractivity contribution is -0.140. The Kier molecular flexibility index (Phi) is 6.16. The smallest absolute Gasteiger partial charge is 0.311 e. The van der Waals surface area contributed by atoms with E-state index in [0.29, 0.717) is 11.5 Å². The molecule has 0 bridgehead atoms. The first kappa shape index (κ1) is 20.6. The second kappa shape index (κ2) is 8.98. The summed E-state index contributed by atoms with van der Waals surface area (Å²) in [5, 5.41) is 4.00. The summed E-state index contributed by atoms with van der Waals surface area (Å²) >= 11 is 6.86. The van der Waals surface area contributed by atoms with E-state index in [1.54, 1.807) is 24.3 Å². The Balaban J connectivity index is 1.33. The van der Waals surface area contributed by atoms with E-state index in [1.807, 2.05) is 48.5 Å². The Labute approximate surface area is 190 Å². The fraction of sp³-hybridized carbons (Fsp3) is 0.0833. The van der Waals surface area contributed by atoms with Crippen molar-refractivity contribution in [1.82, 2.24) is 0 Å². The van der Waals surface area contributed by atoms with Crippen LogP contribution in [0.15, 0.2) is 81.7 Å². The molecule has 0 atom stereocenters. The van der Waals surface area contributed by atoms with Crippen molar-refractivity contribution in [3.63, 3.8) is 0 Å². The molecule has 4 nitrogen and oxygen atoms in total. The average Bonchev–Trinajstić information content (AvgIpc) is 2.72. The summed E-state index contributed by atoms with van der Waals surface area (Å²) in [6.45, 7) is 0. The molecule has 150 valence electrons. The molecule has 0 radical (unpaired) electrons. The number of hydrogen-bond acceptors (Lipinski definition) is 4. The van der Waals surface area contributed by atoms with Crippen LogP contribution >= 0.6 is 31.9 Å². The summed E-state index contributed by atoms with van der Waals surface area (Å²) in [5.41, 5.74) is 0. The molecule has 4 aromatic carbocycles. The number of halogens is 2. The summed E-state index contributed by atoms with van der Waals surface area (Å²) in [4.78, 5) is 24.2. The molecule has 0 heterocycles. The van der Waals surface area contributed by atoms with Crippen molar-refractivity contribution in [3.05, 3.63) is 81.7 Å². The Morgan fingerprint density at radius 2 is 0.933 bits per heavy atom. The third-order valence-corrected chi connectivity index (χ3v) is 5.53. The SMILES string of the molecule is O=C(CCC(=O)Oc1ccc2cc(Br)ccc2c1)Oc1ccc2cc(Br)ccc2c1. The monoisotopic (exact) mass is 526 g/mol. The number of benzene rings is 4. The van der Waals surface area contributed by atoms with E-state index in [1.165, 1.54) is 0 Å². The van der Waals surface area contributed by atoms with Gasteiger partial charge >= 0.3 is 11.9 Å². The zero-order chi connectivity index (χ0) is 21.1. The fourth-order valence-electron chi connectivity index (χ4n) is 3.09. The van der Waals surface area contributed by atoms with E-state index in [-0.39, 0.29) is 12.8 Å². The van der Waals surface area contributed by atoms with Crippen LogP contribution in [0.5, 0.6) is 11.5 Å². The molecule has 0 N–H and O–H groups in total. The first-order valence-electron chi connectivity index (χ1n) is 9.26. The second-order valence-corrected chi connectivity index (χ2v) is 8.59. The quantitative estimate of drug-likeness (QED) is 0.211. The number of ether oxygens (including phenoxy) is 2. The van der Waals surface area contributed by atoms with Crippen molar-refractivity contribution < 1.29 is 19.1 Å². The number of rotatable bonds is 5. The molecule has 0 saturated heterocycles. The molecule has 0 aliphatic rings. The molecule has 0 aliphatic carbocycles. The van der Waals surface area contributed by atoms with Crippen LogP contribution in [0.25, 0.3) is 21.5 Å². The molecular formula is C24H16Br2O4. The standard InChI is InChI=1S/C24H16Br2O4/c25-19-5-1-17-13-21(7-3-15(17)11-19)29-23(27)9-10-24(28)30-22-8-4-16-12-20(26)6-2-18(16)14-22/h1-8,11-14H,9-10H2. The summed E-state index contributed by atoms with van der Waals surface area (Å²) in [6.07, 6.45) is -0.116. The van der Waals surface area contributed by atoms with Gasteiger partial charge in [-0.15, -0.1) is 0 Å². The third-order valence-electron chi connectivity index (χ3n) is 4.54. The lowest BCUT2D eigenvalue weighted by Gasteiger charge is -2.07. The molecule has 30 heavy (non-hydrogen) atoms. The summed E-state index contributed by atoms with van der Waals surface area (Å²) in [6, 6.07) is 22.5. The third kappa shape index (κ3) is 5.07. The molecule has 0 fully saturated rings. The Morgan fingerprint density at radius 1 is 0.567 bits per heavy atom. The minimum Gasteiger partial charge on any atom is -0.426 e. The maximum atomic E-state index is 12.1. The van der Waals surface area contributed by atoms with Crippen LogP contribution in [-0.4, -0.2) is 11.9 Å². The average molecular weight is 528 g/mol. The van der Waals surface area contributed by atoms with Gasteiger partial charge in [0, 0.05) is 8.95 Å². The van der Waals surface area contributed by atoms with Crippen LogP contribution in [0.4, 0.5) is 0 Å². The Bertz CT molecular complexity index is 1170. The molecule has 0 saturated carbocycles. The first-order chi connectivity index (χ1) is 14.5. The lowest BCUT2D eigenvalue weighted by Crippen LogP contribution is -2.14. The van der Waals surface area contributed by atoms with Gasteiger partial charge in [-0.2, -0.15) is 0 Å². The predicted octanol–water partition coefficient (Wildman–Crippen LogP) is 6.81. The normalized spacial score (nSPS) is 10.9. The van der Waals surface area contributed by atoms with Crippen LogP contribution in [0.1, 0.15) is 12.8 Å². The van der Waals surface area contributed by atoms with Crippen molar-refractivity contribution in [1.29, 1.82) is 0 Å². The number of fused-ring (bicyclic) bond motifs is 2. The molecule has 4 aromatic rings. The van der Waals surface area contributed by atoms with Gasteiger partial charge in [-0.05, 0) is 70.1 Å². The minimum atomic E-state index is -0.480. The van der Waals surface area contributed by atoms with Crippen LogP contribution in [0.3, 0.4) is 0 Å². The van der Waals surface area contributed by atoms with Gasteiger partial charge in [0.1, 0.15) is 11.5 Å². The molecule has 0 unspecified atom stereocenters. The van der Waals surface area contributed by atoms with Crippen LogP contribution in [0, 0.1) is 0 Å².